The molecule has 1 fully saturated rings. The number of hydrogen-bond donors (Lipinski definition) is 1. The Bertz CT molecular complexity index is 1250. The van der Waals surface area contributed by atoms with E-state index < -0.39 is 0 Å². The summed E-state index contributed by atoms with van der Waals surface area (Å²) < 4.78 is 11.0. The van der Waals surface area contributed by atoms with Gasteiger partial charge in [-0.05, 0) is 83.7 Å². The predicted molar refractivity (Wildman–Crippen MR) is 145 cm³/mol. The summed E-state index contributed by atoms with van der Waals surface area (Å²) >= 11 is 0. The average molecular weight is 484 g/mol. The minimum absolute atomic E-state index is 0.251. The molecule has 1 N–H and O–H groups in total. The number of aryl methyl sites for hydroxylation is 1. The summed E-state index contributed by atoms with van der Waals surface area (Å²) in [4.78, 5) is 13.5. The Balaban J connectivity index is 1.26. The van der Waals surface area contributed by atoms with Crippen LogP contribution >= 0.6 is 0 Å². The highest BCUT2D eigenvalue weighted by atomic mass is 16.7. The van der Waals surface area contributed by atoms with Gasteiger partial charge in [-0.2, -0.15) is 0 Å². The van der Waals surface area contributed by atoms with Crippen molar-refractivity contribution in [2.45, 2.75) is 65.3 Å². The molecule has 1 aliphatic heterocycles. The normalized spacial score (nSPS) is 15.7. The smallest absolute Gasteiger partial charge is 0.231 e. The van der Waals surface area contributed by atoms with Crippen molar-refractivity contribution in [3.63, 3.8) is 0 Å². The van der Waals surface area contributed by atoms with Gasteiger partial charge < -0.3 is 14.8 Å². The highest BCUT2D eigenvalue weighted by Crippen LogP contribution is 2.51. The number of carbonyl (C=O) groups is 1. The highest BCUT2D eigenvalue weighted by molar-refractivity contribution is 5.95. The molecule has 3 aromatic carbocycles. The second-order valence-electron chi connectivity index (χ2n) is 11.6. The Labute approximate surface area is 215 Å². The van der Waals surface area contributed by atoms with E-state index in [0.717, 1.165) is 55.0 Å². The third-order valence-corrected chi connectivity index (χ3v) is 7.52. The molecule has 2 aliphatic rings. The first kappa shape index (κ1) is 24.6. The summed E-state index contributed by atoms with van der Waals surface area (Å²) in [5, 5.41) is 3.55. The van der Waals surface area contributed by atoms with Gasteiger partial charge in [0.2, 0.25) is 6.79 Å². The maximum absolute atomic E-state index is 13.5. The number of benzene rings is 3. The topological polar surface area (TPSA) is 47.6 Å². The molecule has 5 rings (SSSR count). The summed E-state index contributed by atoms with van der Waals surface area (Å²) in [5.41, 5.74) is 6.99. The van der Waals surface area contributed by atoms with Crippen LogP contribution < -0.4 is 14.8 Å². The number of rotatable bonds is 9. The van der Waals surface area contributed by atoms with Gasteiger partial charge in [-0.1, -0.05) is 69.3 Å². The van der Waals surface area contributed by atoms with Crippen LogP contribution in [0.4, 0.5) is 0 Å². The molecule has 0 atom stereocenters. The second kappa shape index (κ2) is 9.74. The molecule has 1 heterocycles. The van der Waals surface area contributed by atoms with Gasteiger partial charge >= 0.3 is 0 Å². The summed E-state index contributed by atoms with van der Waals surface area (Å²) in [6.45, 7) is 11.1. The average Bonchev–Trinajstić information content (AvgIpc) is 3.54. The summed E-state index contributed by atoms with van der Waals surface area (Å²) in [6, 6.07) is 21.2. The van der Waals surface area contributed by atoms with Crippen LogP contribution in [0.15, 0.2) is 60.7 Å². The monoisotopic (exact) mass is 483 g/mol. The first-order valence-corrected chi connectivity index (χ1v) is 13.1. The lowest BCUT2D eigenvalue weighted by atomic mass is 9.87. The Morgan fingerprint density at radius 3 is 2.36 bits per heavy atom. The van der Waals surface area contributed by atoms with Crippen LogP contribution in [-0.2, 0) is 23.2 Å². The SMILES string of the molecule is Cc1ccc(CC(=O)C2(c3ccc4c(c3)OCO4)CC2)cc1-c1ccc(CNCCC(C)(C)C)cc1. The van der Waals surface area contributed by atoms with Crippen molar-refractivity contribution < 1.29 is 14.3 Å². The second-order valence-corrected chi connectivity index (χ2v) is 11.6. The molecule has 188 valence electrons. The Kier molecular flexibility index (Phi) is 6.65. The van der Waals surface area contributed by atoms with Gasteiger partial charge in [-0.3, -0.25) is 4.79 Å². The molecule has 3 aromatic rings. The predicted octanol–water partition coefficient (Wildman–Crippen LogP) is 6.76. The molecule has 0 unspecified atom stereocenters. The molecule has 0 bridgehead atoms. The van der Waals surface area contributed by atoms with E-state index in [1.807, 2.05) is 18.2 Å². The fourth-order valence-corrected chi connectivity index (χ4v) is 4.99. The van der Waals surface area contributed by atoms with Crippen molar-refractivity contribution in [2.75, 3.05) is 13.3 Å². The molecule has 4 nitrogen and oxygen atoms in total. The Morgan fingerprint density at radius 1 is 0.917 bits per heavy atom. The maximum atomic E-state index is 13.5. The van der Waals surface area contributed by atoms with Crippen LogP contribution in [0.2, 0.25) is 0 Å². The van der Waals surface area contributed by atoms with Crippen molar-refractivity contribution >= 4 is 5.78 Å². The summed E-state index contributed by atoms with van der Waals surface area (Å²) in [6.07, 6.45) is 3.40. The van der Waals surface area contributed by atoms with Crippen LogP contribution in [0.25, 0.3) is 11.1 Å². The zero-order valence-corrected chi connectivity index (χ0v) is 21.9. The van der Waals surface area contributed by atoms with E-state index in [1.54, 1.807) is 0 Å². The molecule has 0 saturated heterocycles. The number of ether oxygens (including phenoxy) is 2. The molecular weight excluding hydrogens is 446 g/mol. The van der Waals surface area contributed by atoms with Gasteiger partial charge in [0.1, 0.15) is 5.78 Å². The molecular formula is C32H37NO3. The lowest BCUT2D eigenvalue weighted by Crippen LogP contribution is -2.22. The lowest BCUT2D eigenvalue weighted by Gasteiger charge is -2.18. The third kappa shape index (κ3) is 5.34. The lowest BCUT2D eigenvalue weighted by molar-refractivity contribution is -0.120. The zero-order valence-electron chi connectivity index (χ0n) is 21.9. The van der Waals surface area contributed by atoms with E-state index in [-0.39, 0.29) is 18.0 Å². The zero-order chi connectivity index (χ0) is 25.3. The quantitative estimate of drug-likeness (QED) is 0.342. The molecule has 0 amide bonds. The van der Waals surface area contributed by atoms with Gasteiger partial charge in [0, 0.05) is 13.0 Å². The number of nitrogens with one attached hydrogen (secondary N) is 1. The summed E-state index contributed by atoms with van der Waals surface area (Å²) in [7, 11) is 0. The molecule has 1 aliphatic carbocycles. The van der Waals surface area contributed by atoms with Crippen LogP contribution in [0.5, 0.6) is 11.5 Å². The third-order valence-electron chi connectivity index (χ3n) is 7.52. The standard InChI is InChI=1S/C32H37NO3/c1-22-5-6-24(17-27(22)25-9-7-23(8-10-25)20-33-16-15-31(2,3)4)18-30(34)32(13-14-32)26-11-12-28-29(19-26)36-21-35-28/h5-12,17,19,33H,13-16,18,20-21H2,1-4H3. The molecule has 1 saturated carbocycles. The summed E-state index contributed by atoms with van der Waals surface area (Å²) in [5.74, 6) is 1.79. The van der Waals surface area contributed by atoms with Crippen LogP contribution in [0.3, 0.4) is 0 Å². The van der Waals surface area contributed by atoms with Crippen LogP contribution in [-0.4, -0.2) is 19.1 Å². The molecule has 0 radical (unpaired) electrons. The van der Waals surface area contributed by atoms with E-state index in [9.17, 15) is 4.79 Å². The van der Waals surface area contributed by atoms with E-state index >= 15 is 0 Å². The van der Waals surface area contributed by atoms with Crippen molar-refractivity contribution in [1.29, 1.82) is 0 Å². The fraction of sp³-hybridized carbons (Fsp3) is 0.406. The minimum Gasteiger partial charge on any atom is -0.454 e. The van der Waals surface area contributed by atoms with Gasteiger partial charge in [-0.15, -0.1) is 0 Å². The van der Waals surface area contributed by atoms with Gasteiger partial charge in [0.15, 0.2) is 11.5 Å². The molecule has 0 aromatic heterocycles. The minimum atomic E-state index is -0.381. The van der Waals surface area contributed by atoms with E-state index in [4.69, 9.17) is 9.47 Å². The first-order valence-electron chi connectivity index (χ1n) is 13.1. The number of fused-ring (bicyclic) bond motifs is 1. The van der Waals surface area contributed by atoms with E-state index in [2.05, 4.69) is 75.5 Å². The van der Waals surface area contributed by atoms with Crippen LogP contribution in [0.1, 0.15) is 62.3 Å². The van der Waals surface area contributed by atoms with Gasteiger partial charge in [0.05, 0.1) is 5.41 Å². The van der Waals surface area contributed by atoms with E-state index in [0.29, 0.717) is 11.8 Å². The highest BCUT2D eigenvalue weighted by Gasteiger charge is 2.50. The first-order chi connectivity index (χ1) is 17.2. The van der Waals surface area contributed by atoms with Gasteiger partial charge in [-0.25, -0.2) is 0 Å². The number of carbonyl (C=O) groups excluding carboxylic acids is 1. The van der Waals surface area contributed by atoms with Crippen molar-refractivity contribution in [3.05, 3.63) is 82.9 Å². The largest absolute Gasteiger partial charge is 0.454 e. The Morgan fingerprint density at radius 2 is 1.64 bits per heavy atom. The van der Waals surface area contributed by atoms with Crippen molar-refractivity contribution in [3.8, 4) is 22.6 Å². The number of hydrogen-bond acceptors (Lipinski definition) is 4. The van der Waals surface area contributed by atoms with Crippen molar-refractivity contribution in [1.82, 2.24) is 5.32 Å². The van der Waals surface area contributed by atoms with Gasteiger partial charge in [0.25, 0.3) is 0 Å². The van der Waals surface area contributed by atoms with E-state index in [1.165, 1.54) is 22.3 Å². The molecule has 4 heteroatoms. The molecule has 36 heavy (non-hydrogen) atoms. The van der Waals surface area contributed by atoms with Crippen LogP contribution in [0, 0.1) is 12.3 Å². The maximum Gasteiger partial charge on any atom is 0.231 e. The van der Waals surface area contributed by atoms with Crippen molar-refractivity contribution in [2.24, 2.45) is 5.41 Å². The number of Topliss-reactive ketones (excluding diaryl/α,β-unsaturated/α-hetero) is 1. The Hall–Kier alpha value is -3.11. The fourth-order valence-electron chi connectivity index (χ4n) is 4.99. The number of ketones is 1. The molecule has 0 spiro atoms.